The topological polar surface area (TPSA) is 86.0 Å². The second-order valence-corrected chi connectivity index (χ2v) is 10.7. The highest BCUT2D eigenvalue weighted by Gasteiger charge is 2.32. The molecule has 210 valence electrons. The van der Waals surface area contributed by atoms with Crippen LogP contribution in [0.1, 0.15) is 48.0 Å². The quantitative estimate of drug-likeness (QED) is 0.240. The molecule has 2 aliphatic heterocycles. The molecule has 8 heteroatoms. The lowest BCUT2D eigenvalue weighted by Crippen LogP contribution is -2.35. The minimum Gasteiger partial charge on any atom is -0.493 e. The second kappa shape index (κ2) is 11.6. The van der Waals surface area contributed by atoms with Gasteiger partial charge in [-0.1, -0.05) is 42.0 Å². The molecule has 1 amide bonds. The van der Waals surface area contributed by atoms with E-state index in [9.17, 15) is 9.59 Å². The van der Waals surface area contributed by atoms with E-state index in [1.165, 1.54) is 0 Å². The van der Waals surface area contributed by atoms with Gasteiger partial charge in [0.05, 0.1) is 42.2 Å². The van der Waals surface area contributed by atoms with Crippen LogP contribution in [0, 0.1) is 6.92 Å². The fraction of sp³-hybridized carbons (Fsp3) is 0.333. The number of aliphatic imine (C=N–C) groups is 1. The highest BCUT2D eigenvalue weighted by molar-refractivity contribution is 6.03. The zero-order valence-corrected chi connectivity index (χ0v) is 23.5. The molecule has 0 bridgehead atoms. The Morgan fingerprint density at radius 1 is 0.976 bits per heavy atom. The van der Waals surface area contributed by atoms with Crippen molar-refractivity contribution in [2.75, 3.05) is 20.3 Å². The van der Waals surface area contributed by atoms with Gasteiger partial charge in [0.25, 0.3) is 5.91 Å². The van der Waals surface area contributed by atoms with E-state index in [0.29, 0.717) is 35.9 Å². The molecule has 0 radical (unpaired) electrons. The Hall–Kier alpha value is -4.46. The Morgan fingerprint density at radius 3 is 2.66 bits per heavy atom. The van der Waals surface area contributed by atoms with Crippen molar-refractivity contribution >= 4 is 28.7 Å². The third-order valence-electron chi connectivity index (χ3n) is 7.93. The van der Waals surface area contributed by atoms with Gasteiger partial charge in [-0.3, -0.25) is 14.4 Å². The molecule has 1 unspecified atom stereocenters. The number of hydrogen-bond donors (Lipinski definition) is 0. The number of hydrogen-bond acceptors (Lipinski definition) is 6. The number of benzene rings is 3. The molecule has 41 heavy (non-hydrogen) atoms. The van der Waals surface area contributed by atoms with E-state index >= 15 is 0 Å². The third kappa shape index (κ3) is 5.34. The van der Waals surface area contributed by atoms with Crippen LogP contribution < -0.4 is 15.2 Å². The Morgan fingerprint density at radius 2 is 1.83 bits per heavy atom. The van der Waals surface area contributed by atoms with E-state index in [-0.39, 0.29) is 17.6 Å². The van der Waals surface area contributed by atoms with Gasteiger partial charge in [0, 0.05) is 36.3 Å². The van der Waals surface area contributed by atoms with Crippen LogP contribution >= 0.6 is 0 Å². The van der Waals surface area contributed by atoms with Crippen molar-refractivity contribution in [2.45, 2.75) is 51.6 Å². The molecule has 0 N–H and O–H groups in total. The number of aryl methyl sites for hydroxylation is 2. The van der Waals surface area contributed by atoms with Gasteiger partial charge in [0.15, 0.2) is 11.5 Å². The summed E-state index contributed by atoms with van der Waals surface area (Å²) in [6, 6.07) is 19.6. The van der Waals surface area contributed by atoms with Crippen LogP contribution in [0.15, 0.2) is 70.5 Å². The summed E-state index contributed by atoms with van der Waals surface area (Å²) in [5, 5.41) is 0.982. The minimum absolute atomic E-state index is 0.00549. The number of methoxy groups -OCH3 is 1. The van der Waals surface area contributed by atoms with Gasteiger partial charge < -0.3 is 14.4 Å². The highest BCUT2D eigenvalue weighted by atomic mass is 16.5. The highest BCUT2D eigenvalue weighted by Crippen LogP contribution is 2.38. The number of rotatable bonds is 9. The van der Waals surface area contributed by atoms with Gasteiger partial charge in [0.2, 0.25) is 0 Å². The van der Waals surface area contributed by atoms with Crippen molar-refractivity contribution in [3.8, 4) is 22.8 Å². The summed E-state index contributed by atoms with van der Waals surface area (Å²) in [6.07, 6.45) is 6.31. The molecule has 3 aromatic carbocycles. The second-order valence-electron chi connectivity index (χ2n) is 10.7. The first-order valence-corrected chi connectivity index (χ1v) is 14.3. The van der Waals surface area contributed by atoms with Crippen LogP contribution in [0.3, 0.4) is 0 Å². The SMILES string of the molecule is COc1cc2c(cc1OCCCCCn1c(=O)nc(-c3ccccc3)c3cc(C)ccc31)N=CC1CCCN1C2=O. The molecule has 1 fully saturated rings. The first-order chi connectivity index (χ1) is 20.0. The van der Waals surface area contributed by atoms with Crippen LogP contribution in [0.5, 0.6) is 11.5 Å². The fourth-order valence-electron chi connectivity index (χ4n) is 5.78. The summed E-state index contributed by atoms with van der Waals surface area (Å²) in [5.74, 6) is 1.11. The number of fused-ring (bicyclic) bond motifs is 3. The van der Waals surface area contributed by atoms with E-state index in [4.69, 9.17) is 9.47 Å². The molecule has 8 nitrogen and oxygen atoms in total. The zero-order chi connectivity index (χ0) is 28.3. The molecule has 0 saturated carbocycles. The molecular formula is C33H34N4O4. The Bertz CT molecular complexity index is 1680. The molecule has 1 aromatic heterocycles. The van der Waals surface area contributed by atoms with Gasteiger partial charge in [-0.15, -0.1) is 0 Å². The maximum absolute atomic E-state index is 13.1. The number of carbonyl (C=O) groups is 1. The number of ether oxygens (including phenoxy) is 2. The molecule has 1 atom stereocenters. The number of nitrogens with zero attached hydrogens (tertiary/aromatic N) is 4. The molecular weight excluding hydrogens is 516 g/mol. The van der Waals surface area contributed by atoms with E-state index in [2.05, 4.69) is 23.0 Å². The first kappa shape index (κ1) is 26.7. The maximum atomic E-state index is 13.1. The van der Waals surface area contributed by atoms with Gasteiger partial charge >= 0.3 is 5.69 Å². The van der Waals surface area contributed by atoms with Gasteiger partial charge in [-0.25, -0.2) is 4.79 Å². The largest absolute Gasteiger partial charge is 0.493 e. The lowest BCUT2D eigenvalue weighted by atomic mass is 10.0. The Balaban J connectivity index is 1.11. The summed E-state index contributed by atoms with van der Waals surface area (Å²) in [6.45, 7) is 3.87. The van der Waals surface area contributed by atoms with Gasteiger partial charge in [-0.05, 0) is 57.2 Å². The standard InChI is InChI=1S/C33H34N4O4/c1-22-13-14-28-26(18-22)31(23-10-5-3-6-11-23)35-33(39)37(28)15-7-4-8-17-41-30-20-27-25(19-29(30)40-2)32(38)36-16-9-12-24(36)21-34-27/h3,5-6,10-11,13-14,18-21,24H,4,7-9,12,15-17H2,1-2H3. The van der Waals surface area contributed by atoms with E-state index in [1.54, 1.807) is 23.8 Å². The molecule has 0 aliphatic carbocycles. The number of carbonyl (C=O) groups excluding carboxylic acids is 1. The van der Waals surface area contributed by atoms with Crippen molar-refractivity contribution < 1.29 is 14.3 Å². The third-order valence-corrected chi connectivity index (χ3v) is 7.93. The van der Waals surface area contributed by atoms with E-state index in [1.807, 2.05) is 53.6 Å². The van der Waals surface area contributed by atoms with Crippen LogP contribution in [0.2, 0.25) is 0 Å². The van der Waals surface area contributed by atoms with Gasteiger partial charge in [0.1, 0.15) is 0 Å². The van der Waals surface area contributed by atoms with Crippen LogP contribution in [-0.4, -0.2) is 52.9 Å². The lowest BCUT2D eigenvalue weighted by Gasteiger charge is -2.20. The van der Waals surface area contributed by atoms with Crippen LogP contribution in [-0.2, 0) is 6.54 Å². The predicted octanol–water partition coefficient (Wildman–Crippen LogP) is 5.95. The number of unbranched alkanes of at least 4 members (excludes halogenated alkanes) is 2. The first-order valence-electron chi connectivity index (χ1n) is 14.3. The molecule has 6 rings (SSSR count). The van der Waals surface area contributed by atoms with Crippen molar-refractivity contribution in [3.63, 3.8) is 0 Å². The molecule has 4 aromatic rings. The average Bonchev–Trinajstić information content (AvgIpc) is 3.42. The molecule has 1 saturated heterocycles. The maximum Gasteiger partial charge on any atom is 0.348 e. The monoisotopic (exact) mass is 550 g/mol. The Labute approximate surface area is 239 Å². The smallest absolute Gasteiger partial charge is 0.348 e. The van der Waals surface area contributed by atoms with Crippen molar-refractivity contribution in [3.05, 3.63) is 82.3 Å². The molecule has 2 aliphatic rings. The summed E-state index contributed by atoms with van der Waals surface area (Å²) in [4.78, 5) is 37.1. The van der Waals surface area contributed by atoms with Crippen LogP contribution in [0.25, 0.3) is 22.2 Å². The minimum atomic E-state index is -0.235. The normalized spacial score (nSPS) is 16.0. The lowest BCUT2D eigenvalue weighted by molar-refractivity contribution is 0.0774. The number of amides is 1. The summed E-state index contributed by atoms with van der Waals surface area (Å²) >= 11 is 0. The molecule has 3 heterocycles. The number of aromatic nitrogens is 2. The summed E-state index contributed by atoms with van der Waals surface area (Å²) in [7, 11) is 1.58. The van der Waals surface area contributed by atoms with Crippen molar-refractivity contribution in [1.29, 1.82) is 0 Å². The zero-order valence-electron chi connectivity index (χ0n) is 23.5. The van der Waals surface area contributed by atoms with Crippen molar-refractivity contribution in [1.82, 2.24) is 14.5 Å². The Kier molecular flexibility index (Phi) is 7.55. The summed E-state index contributed by atoms with van der Waals surface area (Å²) < 4.78 is 13.4. The van der Waals surface area contributed by atoms with Crippen molar-refractivity contribution in [2.24, 2.45) is 4.99 Å². The summed E-state index contributed by atoms with van der Waals surface area (Å²) in [5.41, 5.74) is 4.62. The van der Waals surface area contributed by atoms with E-state index < -0.39 is 0 Å². The van der Waals surface area contributed by atoms with E-state index in [0.717, 1.165) is 66.4 Å². The van der Waals surface area contributed by atoms with Gasteiger partial charge in [-0.2, -0.15) is 4.98 Å². The predicted molar refractivity (Wildman–Crippen MR) is 161 cm³/mol. The fourth-order valence-corrected chi connectivity index (χ4v) is 5.78. The molecule has 0 spiro atoms. The average molecular weight is 551 g/mol. The van der Waals surface area contributed by atoms with Crippen LogP contribution in [0.4, 0.5) is 5.69 Å².